The van der Waals surface area contributed by atoms with Crippen molar-refractivity contribution in [3.05, 3.63) is 59.7 Å². The lowest BCUT2D eigenvalue weighted by Gasteiger charge is -2.14. The van der Waals surface area contributed by atoms with Gasteiger partial charge in [0.25, 0.3) is 0 Å². The topological polar surface area (TPSA) is 73.4 Å². The fraction of sp³-hybridized carbons (Fsp3) is 0.391. The molecular formula is C23H31FN4O2S. The van der Waals surface area contributed by atoms with E-state index in [0.717, 1.165) is 27.7 Å². The summed E-state index contributed by atoms with van der Waals surface area (Å²) in [5.74, 6) is 6.85. The smallest absolute Gasteiger partial charge is 0.322 e. The second kappa shape index (κ2) is 11.8. The lowest BCUT2D eigenvalue weighted by molar-refractivity contribution is -0.143. The first-order chi connectivity index (χ1) is 14.7. The van der Waals surface area contributed by atoms with Gasteiger partial charge in [-0.2, -0.15) is 4.41 Å². The number of hydrazine groups is 1. The molecule has 1 aromatic heterocycles. The highest BCUT2D eigenvalue weighted by Crippen LogP contribution is 2.22. The standard InChI is InChI=1S/C19H21FN4O2S.C4H10/c1-3-26-19(25)12-24(21)27-16-7-4-14(5-8-16)11-23-13(2)22-17-10-15(20)6-9-18(17)23;1-4(2)3/h4-10H,3,11-12,21H2,1-2H3;4H,1-3H3. The molecule has 0 aliphatic carbocycles. The predicted molar refractivity (Wildman–Crippen MR) is 124 cm³/mol. The molecule has 3 aromatic rings. The minimum absolute atomic E-state index is 0.0110. The molecule has 0 amide bonds. The van der Waals surface area contributed by atoms with E-state index in [0.29, 0.717) is 18.7 Å². The number of benzene rings is 2. The first-order valence-corrected chi connectivity index (χ1v) is 11.0. The highest BCUT2D eigenvalue weighted by molar-refractivity contribution is 7.97. The molecule has 0 aliphatic rings. The maximum atomic E-state index is 13.4. The minimum atomic E-state index is -0.358. The van der Waals surface area contributed by atoms with E-state index in [9.17, 15) is 9.18 Å². The summed E-state index contributed by atoms with van der Waals surface area (Å²) in [6, 6.07) is 12.5. The van der Waals surface area contributed by atoms with Crippen molar-refractivity contribution in [2.24, 2.45) is 11.8 Å². The SMILES string of the molecule is CC(C)C.CCOC(=O)CN(N)Sc1ccc(Cn2c(C)nc3cc(F)ccc32)cc1. The summed E-state index contributed by atoms with van der Waals surface area (Å²) in [7, 11) is 0. The van der Waals surface area contributed by atoms with Crippen LogP contribution in [0.25, 0.3) is 11.0 Å². The molecule has 3 rings (SSSR count). The Balaban J connectivity index is 0.000000785. The van der Waals surface area contributed by atoms with Crippen LogP contribution in [0.4, 0.5) is 4.39 Å². The number of carbonyl (C=O) groups excluding carboxylic acids is 1. The summed E-state index contributed by atoms with van der Waals surface area (Å²) in [4.78, 5) is 16.8. The van der Waals surface area contributed by atoms with Gasteiger partial charge < -0.3 is 9.30 Å². The van der Waals surface area contributed by atoms with E-state index in [1.807, 2.05) is 35.8 Å². The molecule has 0 atom stereocenters. The fourth-order valence-electron chi connectivity index (χ4n) is 2.76. The van der Waals surface area contributed by atoms with E-state index in [1.165, 1.54) is 28.5 Å². The normalized spacial score (nSPS) is 11.0. The summed E-state index contributed by atoms with van der Waals surface area (Å²) in [5.41, 5.74) is 2.63. The third-order valence-electron chi connectivity index (χ3n) is 3.98. The van der Waals surface area contributed by atoms with E-state index in [1.54, 1.807) is 13.0 Å². The van der Waals surface area contributed by atoms with Gasteiger partial charge in [0, 0.05) is 17.5 Å². The van der Waals surface area contributed by atoms with E-state index in [4.69, 9.17) is 10.6 Å². The maximum absolute atomic E-state index is 13.4. The zero-order valence-corrected chi connectivity index (χ0v) is 19.6. The largest absolute Gasteiger partial charge is 0.465 e. The lowest BCUT2D eigenvalue weighted by Crippen LogP contribution is -2.30. The Bertz CT molecular complexity index is 986. The van der Waals surface area contributed by atoms with Crippen molar-refractivity contribution in [1.29, 1.82) is 0 Å². The summed E-state index contributed by atoms with van der Waals surface area (Å²) in [6.07, 6.45) is 0. The van der Waals surface area contributed by atoms with Crippen LogP contribution in [0.3, 0.4) is 0 Å². The predicted octanol–water partition coefficient (Wildman–Crippen LogP) is 4.94. The van der Waals surface area contributed by atoms with E-state index < -0.39 is 0 Å². The number of nitrogens with two attached hydrogens (primary N) is 1. The van der Waals surface area contributed by atoms with Crippen LogP contribution in [0, 0.1) is 18.7 Å². The highest BCUT2D eigenvalue weighted by Gasteiger charge is 2.11. The molecule has 0 radical (unpaired) electrons. The fourth-order valence-corrected chi connectivity index (χ4v) is 3.46. The Morgan fingerprint density at radius 3 is 2.48 bits per heavy atom. The molecule has 0 aliphatic heterocycles. The van der Waals surface area contributed by atoms with Gasteiger partial charge in [-0.1, -0.05) is 32.9 Å². The van der Waals surface area contributed by atoms with E-state index >= 15 is 0 Å². The number of hydrogen-bond acceptors (Lipinski definition) is 6. The third-order valence-corrected chi connectivity index (χ3v) is 4.82. The number of aromatic nitrogens is 2. The molecule has 31 heavy (non-hydrogen) atoms. The minimum Gasteiger partial charge on any atom is -0.465 e. The number of aryl methyl sites for hydroxylation is 1. The molecule has 0 fully saturated rings. The van der Waals surface area contributed by atoms with Crippen molar-refractivity contribution >= 4 is 29.0 Å². The van der Waals surface area contributed by atoms with Gasteiger partial charge in [0.15, 0.2) is 0 Å². The third kappa shape index (κ3) is 7.97. The molecule has 8 heteroatoms. The molecule has 0 bridgehead atoms. The number of hydrogen-bond donors (Lipinski definition) is 1. The van der Waals surface area contributed by atoms with Crippen molar-refractivity contribution < 1.29 is 13.9 Å². The van der Waals surface area contributed by atoms with Crippen molar-refractivity contribution in [2.45, 2.75) is 46.1 Å². The maximum Gasteiger partial charge on any atom is 0.322 e. The van der Waals surface area contributed by atoms with Crippen molar-refractivity contribution in [1.82, 2.24) is 14.0 Å². The average Bonchev–Trinajstić information content (AvgIpc) is 2.97. The van der Waals surface area contributed by atoms with Gasteiger partial charge in [0.1, 0.15) is 18.2 Å². The Hall–Kier alpha value is -2.42. The van der Waals surface area contributed by atoms with Crippen LogP contribution in [-0.4, -0.2) is 33.1 Å². The van der Waals surface area contributed by atoms with Crippen LogP contribution in [0.5, 0.6) is 0 Å². The summed E-state index contributed by atoms with van der Waals surface area (Å²) >= 11 is 1.27. The second-order valence-electron chi connectivity index (χ2n) is 7.73. The molecule has 2 N–H and O–H groups in total. The zero-order valence-electron chi connectivity index (χ0n) is 18.8. The Morgan fingerprint density at radius 2 is 1.87 bits per heavy atom. The summed E-state index contributed by atoms with van der Waals surface area (Å²) in [5, 5.41) is 0. The molecule has 1 heterocycles. The quantitative estimate of drug-likeness (QED) is 0.240. The molecule has 6 nitrogen and oxygen atoms in total. The Labute approximate surface area is 187 Å². The van der Waals surface area contributed by atoms with Crippen molar-refractivity contribution in [3.8, 4) is 0 Å². The molecule has 2 aromatic carbocycles. The number of imidazole rings is 1. The summed E-state index contributed by atoms with van der Waals surface area (Å²) in [6.45, 7) is 11.1. The molecule has 0 saturated heterocycles. The van der Waals surface area contributed by atoms with Crippen LogP contribution < -0.4 is 5.84 Å². The lowest BCUT2D eigenvalue weighted by atomic mass is 10.2. The van der Waals surface area contributed by atoms with Crippen molar-refractivity contribution in [3.63, 3.8) is 0 Å². The molecule has 168 valence electrons. The van der Waals surface area contributed by atoms with Gasteiger partial charge in [-0.3, -0.25) is 10.6 Å². The number of rotatable bonds is 7. The number of ether oxygens (including phenoxy) is 1. The van der Waals surface area contributed by atoms with Gasteiger partial charge in [-0.15, -0.1) is 0 Å². The van der Waals surface area contributed by atoms with Crippen LogP contribution >= 0.6 is 11.9 Å². The molecule has 0 unspecified atom stereocenters. The highest BCUT2D eigenvalue weighted by atomic mass is 32.2. The van der Waals surface area contributed by atoms with Crippen LogP contribution in [0.2, 0.25) is 0 Å². The number of halogens is 1. The van der Waals surface area contributed by atoms with Crippen LogP contribution in [-0.2, 0) is 16.1 Å². The molecular weight excluding hydrogens is 415 g/mol. The van der Waals surface area contributed by atoms with E-state index in [-0.39, 0.29) is 18.3 Å². The Morgan fingerprint density at radius 1 is 1.23 bits per heavy atom. The number of fused-ring (bicyclic) bond motifs is 1. The Kier molecular flexibility index (Phi) is 9.48. The summed E-state index contributed by atoms with van der Waals surface area (Å²) < 4.78 is 21.6. The molecule has 0 spiro atoms. The average molecular weight is 447 g/mol. The first-order valence-electron chi connectivity index (χ1n) is 10.3. The molecule has 0 saturated carbocycles. The van der Waals surface area contributed by atoms with Gasteiger partial charge in [-0.05, 0) is 61.5 Å². The van der Waals surface area contributed by atoms with E-state index in [2.05, 4.69) is 25.8 Å². The van der Waals surface area contributed by atoms with Gasteiger partial charge in [-0.25, -0.2) is 9.37 Å². The van der Waals surface area contributed by atoms with Gasteiger partial charge in [0.05, 0.1) is 17.6 Å². The number of carbonyl (C=O) groups is 1. The van der Waals surface area contributed by atoms with Gasteiger partial charge >= 0.3 is 5.97 Å². The monoisotopic (exact) mass is 446 g/mol. The zero-order chi connectivity index (χ0) is 23.0. The van der Waals surface area contributed by atoms with Crippen LogP contribution in [0.1, 0.15) is 39.1 Å². The first kappa shape index (κ1) is 24.8. The van der Waals surface area contributed by atoms with Crippen molar-refractivity contribution in [2.75, 3.05) is 13.2 Å². The number of esters is 1. The second-order valence-corrected chi connectivity index (χ2v) is 8.85. The number of nitrogens with zero attached hydrogens (tertiary/aromatic N) is 3. The van der Waals surface area contributed by atoms with Gasteiger partial charge in [0.2, 0.25) is 0 Å². The van der Waals surface area contributed by atoms with Crippen LogP contribution in [0.15, 0.2) is 47.4 Å².